The number of carbonyl (C=O) groups is 2. The number of esters is 1. The molecule has 3 rings (SSSR count). The van der Waals surface area contributed by atoms with Gasteiger partial charge in [0.1, 0.15) is 5.75 Å². The van der Waals surface area contributed by atoms with Gasteiger partial charge in [0.25, 0.3) is 5.91 Å². The minimum Gasteiger partial charge on any atom is -0.494 e. The Morgan fingerprint density at radius 2 is 1.79 bits per heavy atom. The number of aromatic nitrogens is 1. The number of benzene rings is 2. The molecule has 3 aromatic rings. The quantitative estimate of drug-likeness (QED) is 0.269. The highest BCUT2D eigenvalue weighted by Gasteiger charge is 2.14. The monoisotopic (exact) mass is 461 g/mol. The average molecular weight is 462 g/mol. The molecule has 7 nitrogen and oxygen atoms in total. The van der Waals surface area contributed by atoms with Crippen LogP contribution in [-0.4, -0.2) is 35.4 Å². The lowest BCUT2D eigenvalue weighted by Gasteiger charge is -2.12. The first-order valence-corrected chi connectivity index (χ1v) is 11.4. The third-order valence-corrected chi connectivity index (χ3v) is 5.11. The number of hydrogen-bond donors (Lipinski definition) is 1. The number of amides is 1. The number of nitrogens with one attached hydrogen (secondary N) is 1. The van der Waals surface area contributed by atoms with Crippen LogP contribution in [0.4, 0.5) is 0 Å². The molecule has 0 aliphatic rings. The van der Waals surface area contributed by atoms with E-state index in [2.05, 4.69) is 10.5 Å². The Kier molecular flexibility index (Phi) is 8.24. The summed E-state index contributed by atoms with van der Waals surface area (Å²) < 4.78 is 12.9. The molecule has 1 amide bonds. The Morgan fingerprint density at radius 3 is 2.47 bits per heavy atom. The van der Waals surface area contributed by atoms with Gasteiger partial charge >= 0.3 is 5.97 Å². The predicted octanol–water partition coefficient (Wildman–Crippen LogP) is 5.21. The van der Waals surface area contributed by atoms with Crippen LogP contribution in [0.1, 0.15) is 64.9 Å². The summed E-state index contributed by atoms with van der Waals surface area (Å²) in [7, 11) is 0. The number of rotatable bonds is 9. The summed E-state index contributed by atoms with van der Waals surface area (Å²) in [4.78, 5) is 24.7. The molecule has 0 saturated carbocycles. The van der Waals surface area contributed by atoms with Crippen molar-refractivity contribution < 1.29 is 19.1 Å². The second kappa shape index (κ2) is 11.3. The van der Waals surface area contributed by atoms with E-state index in [1.807, 2.05) is 57.4 Å². The molecule has 0 aliphatic carbocycles. The summed E-state index contributed by atoms with van der Waals surface area (Å²) in [5.41, 5.74) is 7.17. The molecule has 0 saturated heterocycles. The molecule has 178 valence electrons. The first kappa shape index (κ1) is 24.8. The van der Waals surface area contributed by atoms with E-state index in [1.54, 1.807) is 42.6 Å². The average Bonchev–Trinajstić information content (AvgIpc) is 3.10. The minimum atomic E-state index is -0.353. The maximum Gasteiger partial charge on any atom is 0.338 e. The molecule has 1 heterocycles. The lowest BCUT2D eigenvalue weighted by Crippen LogP contribution is -2.17. The number of aryl methyl sites for hydroxylation is 1. The molecule has 0 bridgehead atoms. The molecule has 2 aromatic carbocycles. The molecule has 1 N–H and O–H groups in total. The van der Waals surface area contributed by atoms with Gasteiger partial charge in [0.15, 0.2) is 0 Å². The van der Waals surface area contributed by atoms with E-state index in [9.17, 15) is 9.59 Å². The summed E-state index contributed by atoms with van der Waals surface area (Å²) in [5.74, 6) is 0.0770. The highest BCUT2D eigenvalue weighted by molar-refractivity contribution is 5.95. The van der Waals surface area contributed by atoms with Gasteiger partial charge in [0.2, 0.25) is 0 Å². The minimum absolute atomic E-state index is 0.184. The van der Waals surface area contributed by atoms with Crippen molar-refractivity contribution in [2.24, 2.45) is 5.10 Å². The van der Waals surface area contributed by atoms with Crippen LogP contribution in [0.3, 0.4) is 0 Å². The Morgan fingerprint density at radius 1 is 1.06 bits per heavy atom. The van der Waals surface area contributed by atoms with Crippen LogP contribution in [-0.2, 0) is 4.74 Å². The van der Waals surface area contributed by atoms with Crippen LogP contribution in [0, 0.1) is 13.8 Å². The predicted molar refractivity (Wildman–Crippen MR) is 133 cm³/mol. The molecule has 1 aromatic heterocycles. The molecule has 0 fully saturated rings. The number of carbonyl (C=O) groups excluding carboxylic acids is 2. The summed E-state index contributed by atoms with van der Waals surface area (Å²) in [5, 5.41) is 4.13. The molecule has 0 spiro atoms. The van der Waals surface area contributed by atoms with Gasteiger partial charge in [-0.3, -0.25) is 4.79 Å². The van der Waals surface area contributed by atoms with Gasteiger partial charge in [-0.05, 0) is 82.6 Å². The van der Waals surface area contributed by atoms with Crippen molar-refractivity contribution >= 4 is 18.1 Å². The standard InChI is InChI=1S/C27H31N3O4/c1-6-14-33-25-12-10-21(11-13-25)26(31)29-28-17-23-15-19(4)30(20(23)5)24-9-7-8-22(16-24)27(32)34-18(2)3/h7-13,15-18H,6,14H2,1-5H3,(H,29,31)/b28-17-. The van der Waals surface area contributed by atoms with Crippen molar-refractivity contribution in [1.82, 2.24) is 9.99 Å². The van der Waals surface area contributed by atoms with E-state index in [1.165, 1.54) is 0 Å². The molecular weight excluding hydrogens is 430 g/mol. The number of nitrogens with zero attached hydrogens (tertiary/aromatic N) is 2. The topological polar surface area (TPSA) is 81.9 Å². The molecule has 34 heavy (non-hydrogen) atoms. The van der Waals surface area contributed by atoms with Gasteiger partial charge in [-0.25, -0.2) is 10.2 Å². The van der Waals surface area contributed by atoms with Crippen LogP contribution in [0.25, 0.3) is 5.69 Å². The largest absolute Gasteiger partial charge is 0.494 e. The molecule has 7 heteroatoms. The van der Waals surface area contributed by atoms with Crippen molar-refractivity contribution in [3.8, 4) is 11.4 Å². The van der Waals surface area contributed by atoms with Crippen molar-refractivity contribution in [2.75, 3.05) is 6.61 Å². The SMILES string of the molecule is CCCOc1ccc(C(=O)N/N=C\c2cc(C)n(-c3cccc(C(=O)OC(C)C)c3)c2C)cc1. The lowest BCUT2D eigenvalue weighted by molar-refractivity contribution is 0.0377. The van der Waals surface area contributed by atoms with Gasteiger partial charge in [-0.1, -0.05) is 13.0 Å². The zero-order chi connectivity index (χ0) is 24.7. The first-order chi connectivity index (χ1) is 16.3. The first-order valence-electron chi connectivity index (χ1n) is 11.4. The van der Waals surface area contributed by atoms with E-state index in [0.717, 1.165) is 34.8 Å². The maximum absolute atomic E-state index is 12.4. The number of hydrogen-bond acceptors (Lipinski definition) is 5. The van der Waals surface area contributed by atoms with Crippen LogP contribution < -0.4 is 10.2 Å². The Labute approximate surface area is 200 Å². The van der Waals surface area contributed by atoms with E-state index >= 15 is 0 Å². The zero-order valence-corrected chi connectivity index (χ0v) is 20.3. The van der Waals surface area contributed by atoms with Gasteiger partial charge in [0, 0.05) is 28.2 Å². The molecule has 0 unspecified atom stereocenters. The van der Waals surface area contributed by atoms with Gasteiger partial charge in [-0.2, -0.15) is 5.10 Å². The Hall–Kier alpha value is -3.87. The van der Waals surface area contributed by atoms with E-state index in [-0.39, 0.29) is 18.0 Å². The van der Waals surface area contributed by atoms with Crippen molar-refractivity contribution in [3.05, 3.63) is 82.7 Å². The second-order valence-electron chi connectivity index (χ2n) is 8.24. The molecule has 0 atom stereocenters. The lowest BCUT2D eigenvalue weighted by atomic mass is 10.2. The summed E-state index contributed by atoms with van der Waals surface area (Å²) in [6.07, 6.45) is 2.36. The Bertz CT molecular complexity index is 1180. The third kappa shape index (κ3) is 6.13. The fraction of sp³-hybridized carbons (Fsp3) is 0.296. The molecular formula is C27H31N3O4. The van der Waals surface area contributed by atoms with Crippen molar-refractivity contribution in [1.29, 1.82) is 0 Å². The maximum atomic E-state index is 12.4. The van der Waals surface area contributed by atoms with Gasteiger partial charge in [-0.15, -0.1) is 0 Å². The smallest absolute Gasteiger partial charge is 0.338 e. The normalized spacial score (nSPS) is 11.1. The summed E-state index contributed by atoms with van der Waals surface area (Å²) in [6.45, 7) is 10.3. The van der Waals surface area contributed by atoms with Crippen LogP contribution in [0.2, 0.25) is 0 Å². The van der Waals surface area contributed by atoms with Crippen molar-refractivity contribution in [2.45, 2.75) is 47.1 Å². The van der Waals surface area contributed by atoms with E-state index in [0.29, 0.717) is 17.7 Å². The third-order valence-electron chi connectivity index (χ3n) is 5.11. The number of ether oxygens (including phenoxy) is 2. The van der Waals surface area contributed by atoms with E-state index < -0.39 is 0 Å². The summed E-state index contributed by atoms with van der Waals surface area (Å²) >= 11 is 0. The Balaban J connectivity index is 1.72. The van der Waals surface area contributed by atoms with Crippen LogP contribution in [0.5, 0.6) is 5.75 Å². The molecule has 0 radical (unpaired) electrons. The second-order valence-corrected chi connectivity index (χ2v) is 8.24. The van der Waals surface area contributed by atoms with Crippen molar-refractivity contribution in [3.63, 3.8) is 0 Å². The highest BCUT2D eigenvalue weighted by atomic mass is 16.5. The van der Waals surface area contributed by atoms with Crippen LogP contribution in [0.15, 0.2) is 59.7 Å². The fourth-order valence-electron chi connectivity index (χ4n) is 3.52. The van der Waals surface area contributed by atoms with Gasteiger partial charge < -0.3 is 14.0 Å². The highest BCUT2D eigenvalue weighted by Crippen LogP contribution is 2.21. The number of hydrazone groups is 1. The van der Waals surface area contributed by atoms with Crippen LogP contribution >= 0.6 is 0 Å². The van der Waals surface area contributed by atoms with Gasteiger partial charge in [0.05, 0.1) is 24.5 Å². The zero-order valence-electron chi connectivity index (χ0n) is 20.3. The van der Waals surface area contributed by atoms with E-state index in [4.69, 9.17) is 9.47 Å². The summed E-state index contributed by atoms with van der Waals surface area (Å²) in [6, 6.07) is 16.2. The fourth-order valence-corrected chi connectivity index (χ4v) is 3.52. The molecule has 0 aliphatic heterocycles.